The molecule has 0 aromatic heterocycles. The summed E-state index contributed by atoms with van der Waals surface area (Å²) in [5.74, 6) is 0.795. The lowest BCUT2D eigenvalue weighted by Crippen LogP contribution is -2.27. The Morgan fingerprint density at radius 2 is 1.79 bits per heavy atom. The summed E-state index contributed by atoms with van der Waals surface area (Å²) in [6.45, 7) is 3.87. The topological polar surface area (TPSA) is 55.4 Å². The molecule has 0 aliphatic carbocycles. The standard InChI is InChI=1S/C18H20ClNO3S/c1-13-15(14-9-11-20-12-10-14)5-4-7-17(13)23-24(21,22)18-8-3-2-6-16(18)19/h2-8,14,20H,9-12H2,1H3. The maximum Gasteiger partial charge on any atom is 0.340 e. The van der Waals surface area contributed by atoms with Crippen molar-refractivity contribution in [3.05, 3.63) is 58.6 Å². The normalized spacial score (nSPS) is 16.1. The third kappa shape index (κ3) is 3.58. The fraction of sp³-hybridized carbons (Fsp3) is 0.333. The first-order chi connectivity index (χ1) is 11.5. The van der Waals surface area contributed by atoms with Gasteiger partial charge in [0.15, 0.2) is 0 Å². The molecule has 1 heterocycles. The van der Waals surface area contributed by atoms with E-state index in [0.29, 0.717) is 11.7 Å². The number of nitrogens with one attached hydrogen (secondary N) is 1. The van der Waals surface area contributed by atoms with Crippen LogP contribution in [0.4, 0.5) is 0 Å². The van der Waals surface area contributed by atoms with E-state index in [1.165, 1.54) is 12.1 Å². The minimum absolute atomic E-state index is 0.0154. The summed E-state index contributed by atoms with van der Waals surface area (Å²) in [4.78, 5) is -0.0154. The molecule has 2 aromatic carbocycles. The molecule has 0 saturated carbocycles. The molecule has 0 spiro atoms. The Labute approximate surface area is 147 Å². The zero-order chi connectivity index (χ0) is 17.2. The zero-order valence-electron chi connectivity index (χ0n) is 13.5. The van der Waals surface area contributed by atoms with Gasteiger partial charge in [0.2, 0.25) is 0 Å². The quantitative estimate of drug-likeness (QED) is 0.835. The van der Waals surface area contributed by atoms with Crippen LogP contribution in [0.25, 0.3) is 0 Å². The van der Waals surface area contributed by atoms with Gasteiger partial charge in [-0.1, -0.05) is 35.9 Å². The molecule has 0 radical (unpaired) electrons. The highest BCUT2D eigenvalue weighted by Crippen LogP contribution is 2.34. The lowest BCUT2D eigenvalue weighted by atomic mass is 9.87. The third-order valence-corrected chi connectivity index (χ3v) is 6.15. The summed E-state index contributed by atoms with van der Waals surface area (Å²) in [6, 6.07) is 11.9. The van der Waals surface area contributed by atoms with Crippen molar-refractivity contribution in [2.45, 2.75) is 30.6 Å². The first-order valence-corrected chi connectivity index (χ1v) is 9.77. The number of piperidine rings is 1. The van der Waals surface area contributed by atoms with E-state index in [1.807, 2.05) is 13.0 Å². The van der Waals surface area contributed by atoms with E-state index in [-0.39, 0.29) is 9.92 Å². The average Bonchev–Trinajstić information content (AvgIpc) is 2.57. The highest BCUT2D eigenvalue weighted by Gasteiger charge is 2.23. The second-order valence-electron chi connectivity index (χ2n) is 5.96. The van der Waals surface area contributed by atoms with Gasteiger partial charge >= 0.3 is 10.1 Å². The lowest BCUT2D eigenvalue weighted by molar-refractivity contribution is 0.454. The average molecular weight is 366 g/mol. The molecule has 2 aromatic rings. The van der Waals surface area contributed by atoms with Crippen LogP contribution in [0.3, 0.4) is 0 Å². The van der Waals surface area contributed by atoms with Crippen molar-refractivity contribution >= 4 is 21.7 Å². The maximum absolute atomic E-state index is 12.5. The Morgan fingerprint density at radius 3 is 2.50 bits per heavy atom. The molecule has 0 atom stereocenters. The summed E-state index contributed by atoms with van der Waals surface area (Å²) in [7, 11) is -3.96. The van der Waals surface area contributed by atoms with Gasteiger partial charge < -0.3 is 9.50 Å². The molecule has 0 bridgehead atoms. The van der Waals surface area contributed by atoms with Gasteiger partial charge in [-0.15, -0.1) is 0 Å². The Morgan fingerprint density at radius 1 is 1.08 bits per heavy atom. The van der Waals surface area contributed by atoms with E-state index in [0.717, 1.165) is 37.1 Å². The monoisotopic (exact) mass is 365 g/mol. The maximum atomic E-state index is 12.5. The van der Waals surface area contributed by atoms with Crippen molar-refractivity contribution < 1.29 is 12.6 Å². The zero-order valence-corrected chi connectivity index (χ0v) is 15.0. The predicted molar refractivity (Wildman–Crippen MR) is 95.3 cm³/mol. The Balaban J connectivity index is 1.92. The minimum Gasteiger partial charge on any atom is -0.379 e. The summed E-state index contributed by atoms with van der Waals surface area (Å²) in [5, 5.41) is 3.50. The van der Waals surface area contributed by atoms with E-state index < -0.39 is 10.1 Å². The lowest BCUT2D eigenvalue weighted by Gasteiger charge is -2.25. The molecule has 1 saturated heterocycles. The predicted octanol–water partition coefficient (Wildman–Crippen LogP) is 3.88. The summed E-state index contributed by atoms with van der Waals surface area (Å²) in [6.07, 6.45) is 2.09. The fourth-order valence-corrected chi connectivity index (χ4v) is 4.59. The summed E-state index contributed by atoms with van der Waals surface area (Å²) in [5.41, 5.74) is 2.03. The van der Waals surface area contributed by atoms with Gasteiger partial charge in [-0.05, 0) is 68.1 Å². The molecular formula is C18H20ClNO3S. The van der Waals surface area contributed by atoms with E-state index in [1.54, 1.807) is 18.2 Å². The molecule has 1 aliphatic rings. The second kappa shape index (κ2) is 7.13. The Bertz CT molecular complexity index is 830. The van der Waals surface area contributed by atoms with Gasteiger partial charge in [0.1, 0.15) is 10.6 Å². The number of benzene rings is 2. The number of hydrogen-bond donors (Lipinski definition) is 1. The highest BCUT2D eigenvalue weighted by molar-refractivity contribution is 7.87. The van der Waals surface area contributed by atoms with Gasteiger partial charge in [0, 0.05) is 0 Å². The van der Waals surface area contributed by atoms with Crippen molar-refractivity contribution in [1.29, 1.82) is 0 Å². The van der Waals surface area contributed by atoms with Crippen LogP contribution >= 0.6 is 11.6 Å². The molecule has 6 heteroatoms. The highest BCUT2D eigenvalue weighted by atomic mass is 35.5. The van der Waals surface area contributed by atoms with Gasteiger partial charge in [-0.3, -0.25) is 0 Å². The SMILES string of the molecule is Cc1c(OS(=O)(=O)c2ccccc2Cl)cccc1C1CCNCC1. The van der Waals surface area contributed by atoms with Crippen LogP contribution in [0.5, 0.6) is 5.75 Å². The molecule has 3 rings (SSSR count). The van der Waals surface area contributed by atoms with Crippen LogP contribution < -0.4 is 9.50 Å². The smallest absolute Gasteiger partial charge is 0.340 e. The first kappa shape index (κ1) is 17.3. The van der Waals surface area contributed by atoms with Gasteiger partial charge in [-0.2, -0.15) is 8.42 Å². The van der Waals surface area contributed by atoms with Gasteiger partial charge in [0.25, 0.3) is 0 Å². The molecule has 0 amide bonds. The van der Waals surface area contributed by atoms with Crippen molar-refractivity contribution in [3.8, 4) is 5.75 Å². The Hall–Kier alpha value is -1.56. The van der Waals surface area contributed by atoms with Crippen molar-refractivity contribution in [2.75, 3.05) is 13.1 Å². The molecule has 1 aliphatic heterocycles. The molecule has 4 nitrogen and oxygen atoms in total. The van der Waals surface area contributed by atoms with E-state index in [9.17, 15) is 8.42 Å². The second-order valence-corrected chi connectivity index (χ2v) is 7.88. The van der Waals surface area contributed by atoms with Crippen LogP contribution in [0.2, 0.25) is 5.02 Å². The van der Waals surface area contributed by atoms with Crippen LogP contribution in [0.1, 0.15) is 29.9 Å². The number of hydrogen-bond acceptors (Lipinski definition) is 4. The molecular weight excluding hydrogens is 346 g/mol. The van der Waals surface area contributed by atoms with E-state index in [4.69, 9.17) is 15.8 Å². The van der Waals surface area contributed by atoms with E-state index in [2.05, 4.69) is 11.4 Å². The molecule has 1 N–H and O–H groups in total. The molecule has 0 unspecified atom stereocenters. The fourth-order valence-electron chi connectivity index (χ4n) is 3.11. The summed E-state index contributed by atoms with van der Waals surface area (Å²) >= 11 is 6.00. The van der Waals surface area contributed by atoms with Crippen molar-refractivity contribution in [1.82, 2.24) is 5.32 Å². The minimum atomic E-state index is -3.96. The van der Waals surface area contributed by atoms with Crippen LogP contribution in [0, 0.1) is 6.92 Å². The van der Waals surface area contributed by atoms with E-state index >= 15 is 0 Å². The third-order valence-electron chi connectivity index (χ3n) is 4.41. The largest absolute Gasteiger partial charge is 0.379 e. The molecule has 128 valence electrons. The molecule has 1 fully saturated rings. The van der Waals surface area contributed by atoms with Crippen LogP contribution in [-0.4, -0.2) is 21.5 Å². The van der Waals surface area contributed by atoms with Gasteiger partial charge in [0.05, 0.1) is 5.02 Å². The number of rotatable bonds is 4. The van der Waals surface area contributed by atoms with Crippen LogP contribution in [-0.2, 0) is 10.1 Å². The summed E-state index contributed by atoms with van der Waals surface area (Å²) < 4.78 is 30.5. The molecule has 24 heavy (non-hydrogen) atoms. The van der Waals surface area contributed by atoms with Gasteiger partial charge in [-0.25, -0.2) is 0 Å². The first-order valence-electron chi connectivity index (χ1n) is 7.98. The van der Waals surface area contributed by atoms with Crippen LogP contribution in [0.15, 0.2) is 47.4 Å². The van der Waals surface area contributed by atoms with Crippen molar-refractivity contribution in [2.24, 2.45) is 0 Å². The Kier molecular flexibility index (Phi) is 5.13. The van der Waals surface area contributed by atoms with Crippen molar-refractivity contribution in [3.63, 3.8) is 0 Å². The number of halogens is 1.